The molecule has 15 heavy (non-hydrogen) atoms. The Hall–Kier alpha value is -0.0800. The first-order valence-electron chi connectivity index (χ1n) is 6.59. The second kappa shape index (κ2) is 9.17. The van der Waals surface area contributed by atoms with Crippen molar-refractivity contribution in [3.05, 3.63) is 0 Å². The van der Waals surface area contributed by atoms with Gasteiger partial charge in [-0.1, -0.05) is 34.6 Å². The van der Waals surface area contributed by atoms with Crippen molar-refractivity contribution < 1.29 is 0 Å². The van der Waals surface area contributed by atoms with Gasteiger partial charge in [0.25, 0.3) is 0 Å². The minimum absolute atomic E-state index is 0.711. The summed E-state index contributed by atoms with van der Waals surface area (Å²) in [6.07, 6.45) is 2.49. The molecule has 0 aromatic heterocycles. The lowest BCUT2D eigenvalue weighted by atomic mass is 10.2. The summed E-state index contributed by atoms with van der Waals surface area (Å²) in [5.41, 5.74) is 0. The Kier molecular flexibility index (Phi) is 9.12. The molecule has 0 heterocycles. The maximum atomic E-state index is 3.62. The van der Waals surface area contributed by atoms with Gasteiger partial charge in [-0.25, -0.2) is 0 Å². The zero-order valence-electron chi connectivity index (χ0n) is 11.3. The van der Waals surface area contributed by atoms with E-state index in [-0.39, 0.29) is 0 Å². The Balaban J connectivity index is 3.61. The number of hydrogen-bond donors (Lipinski definition) is 1. The zero-order chi connectivity index (χ0) is 11.7. The smallest absolute Gasteiger partial charge is 0.0107 e. The number of nitrogens with one attached hydrogen (secondary N) is 1. The molecule has 0 radical (unpaired) electrons. The van der Waals surface area contributed by atoms with Crippen molar-refractivity contribution in [2.24, 2.45) is 5.92 Å². The van der Waals surface area contributed by atoms with E-state index in [0.29, 0.717) is 6.04 Å². The molecule has 0 saturated carbocycles. The predicted octanol–water partition coefficient (Wildman–Crippen LogP) is 2.74. The van der Waals surface area contributed by atoms with Crippen molar-refractivity contribution in [1.82, 2.24) is 10.2 Å². The molecule has 0 saturated heterocycles. The van der Waals surface area contributed by atoms with Crippen molar-refractivity contribution in [2.45, 2.75) is 53.5 Å². The van der Waals surface area contributed by atoms with Gasteiger partial charge in [0.15, 0.2) is 0 Å². The summed E-state index contributed by atoms with van der Waals surface area (Å²) < 4.78 is 0. The molecule has 0 aliphatic carbocycles. The molecule has 0 rings (SSSR count). The SMILES string of the molecule is CCC(CC)NCCN(CC)CC(C)C. The van der Waals surface area contributed by atoms with Gasteiger partial charge in [0.05, 0.1) is 0 Å². The molecule has 0 amide bonds. The highest BCUT2D eigenvalue weighted by Crippen LogP contribution is 1.99. The Morgan fingerprint density at radius 2 is 1.67 bits per heavy atom. The summed E-state index contributed by atoms with van der Waals surface area (Å²) in [7, 11) is 0. The van der Waals surface area contributed by atoms with Crippen LogP contribution in [0.15, 0.2) is 0 Å². The van der Waals surface area contributed by atoms with Crippen molar-refractivity contribution in [3.63, 3.8) is 0 Å². The van der Waals surface area contributed by atoms with E-state index in [2.05, 4.69) is 44.8 Å². The standard InChI is InChI=1S/C13H30N2/c1-6-13(7-2)14-9-10-15(8-3)11-12(4)5/h12-14H,6-11H2,1-5H3. The minimum Gasteiger partial charge on any atom is -0.313 e. The molecule has 92 valence electrons. The maximum Gasteiger partial charge on any atom is 0.0107 e. The summed E-state index contributed by atoms with van der Waals surface area (Å²) in [4.78, 5) is 2.53. The van der Waals surface area contributed by atoms with E-state index in [4.69, 9.17) is 0 Å². The molecule has 0 aromatic rings. The maximum absolute atomic E-state index is 3.62. The molecule has 2 nitrogen and oxygen atoms in total. The third-order valence-corrected chi connectivity index (χ3v) is 2.92. The van der Waals surface area contributed by atoms with E-state index in [1.54, 1.807) is 0 Å². The number of rotatable bonds is 9. The number of likely N-dealkylation sites (N-methyl/N-ethyl adjacent to an activating group) is 1. The van der Waals surface area contributed by atoms with E-state index in [1.807, 2.05) is 0 Å². The van der Waals surface area contributed by atoms with E-state index in [0.717, 1.165) is 12.5 Å². The van der Waals surface area contributed by atoms with Crippen LogP contribution in [0.5, 0.6) is 0 Å². The Morgan fingerprint density at radius 3 is 2.07 bits per heavy atom. The number of nitrogens with zero attached hydrogens (tertiary/aromatic N) is 1. The van der Waals surface area contributed by atoms with E-state index in [9.17, 15) is 0 Å². The highest BCUT2D eigenvalue weighted by molar-refractivity contribution is 4.65. The lowest BCUT2D eigenvalue weighted by molar-refractivity contribution is 0.251. The van der Waals surface area contributed by atoms with Gasteiger partial charge in [-0.15, -0.1) is 0 Å². The Labute approximate surface area is 96.4 Å². The molecule has 0 spiro atoms. The van der Waals surface area contributed by atoms with Crippen LogP contribution in [0.2, 0.25) is 0 Å². The molecular formula is C13H30N2. The second-order valence-electron chi connectivity index (χ2n) is 4.75. The highest BCUT2D eigenvalue weighted by atomic mass is 15.1. The Morgan fingerprint density at radius 1 is 1.07 bits per heavy atom. The van der Waals surface area contributed by atoms with Crippen molar-refractivity contribution >= 4 is 0 Å². The zero-order valence-corrected chi connectivity index (χ0v) is 11.3. The van der Waals surface area contributed by atoms with Crippen LogP contribution in [0, 0.1) is 5.92 Å². The summed E-state index contributed by atoms with van der Waals surface area (Å²) in [6, 6.07) is 0.711. The molecular weight excluding hydrogens is 184 g/mol. The molecule has 0 unspecified atom stereocenters. The van der Waals surface area contributed by atoms with E-state index in [1.165, 1.54) is 32.5 Å². The van der Waals surface area contributed by atoms with Crippen LogP contribution >= 0.6 is 0 Å². The first kappa shape index (κ1) is 14.9. The van der Waals surface area contributed by atoms with E-state index >= 15 is 0 Å². The molecule has 2 heteroatoms. The average Bonchev–Trinajstić information content (AvgIpc) is 2.22. The van der Waals surface area contributed by atoms with E-state index < -0.39 is 0 Å². The van der Waals surface area contributed by atoms with Gasteiger partial charge in [-0.3, -0.25) is 0 Å². The summed E-state index contributed by atoms with van der Waals surface area (Å²) in [6.45, 7) is 16.1. The summed E-state index contributed by atoms with van der Waals surface area (Å²) in [5, 5.41) is 3.62. The minimum atomic E-state index is 0.711. The first-order valence-corrected chi connectivity index (χ1v) is 6.59. The van der Waals surface area contributed by atoms with Gasteiger partial charge >= 0.3 is 0 Å². The fourth-order valence-corrected chi connectivity index (χ4v) is 1.90. The Bertz CT molecular complexity index is 130. The predicted molar refractivity (Wildman–Crippen MR) is 69.3 cm³/mol. The van der Waals surface area contributed by atoms with Gasteiger partial charge in [0.1, 0.15) is 0 Å². The normalized spacial score (nSPS) is 12.0. The van der Waals surface area contributed by atoms with Crippen molar-refractivity contribution in [1.29, 1.82) is 0 Å². The molecule has 0 aliphatic rings. The van der Waals surface area contributed by atoms with Gasteiger partial charge in [0, 0.05) is 25.7 Å². The summed E-state index contributed by atoms with van der Waals surface area (Å²) >= 11 is 0. The van der Waals surface area contributed by atoms with Crippen LogP contribution in [-0.2, 0) is 0 Å². The van der Waals surface area contributed by atoms with Crippen molar-refractivity contribution in [3.8, 4) is 0 Å². The van der Waals surface area contributed by atoms with Crippen LogP contribution in [0.4, 0.5) is 0 Å². The average molecular weight is 214 g/mol. The molecule has 0 atom stereocenters. The molecule has 1 N–H and O–H groups in total. The fourth-order valence-electron chi connectivity index (χ4n) is 1.90. The fraction of sp³-hybridized carbons (Fsp3) is 1.00. The third-order valence-electron chi connectivity index (χ3n) is 2.92. The molecule has 0 fully saturated rings. The second-order valence-corrected chi connectivity index (χ2v) is 4.75. The molecule has 0 aromatic carbocycles. The van der Waals surface area contributed by atoms with Gasteiger partial charge in [0.2, 0.25) is 0 Å². The van der Waals surface area contributed by atoms with Gasteiger partial charge in [-0.05, 0) is 25.3 Å². The topological polar surface area (TPSA) is 15.3 Å². The summed E-state index contributed by atoms with van der Waals surface area (Å²) in [5.74, 6) is 0.776. The number of hydrogen-bond acceptors (Lipinski definition) is 2. The van der Waals surface area contributed by atoms with Crippen LogP contribution in [0.25, 0.3) is 0 Å². The van der Waals surface area contributed by atoms with Crippen LogP contribution in [0.3, 0.4) is 0 Å². The molecule has 0 aliphatic heterocycles. The third kappa shape index (κ3) is 7.80. The van der Waals surface area contributed by atoms with Crippen LogP contribution in [0.1, 0.15) is 47.5 Å². The lowest BCUT2D eigenvalue weighted by Crippen LogP contribution is -2.38. The van der Waals surface area contributed by atoms with Crippen LogP contribution in [-0.4, -0.2) is 37.1 Å². The largest absolute Gasteiger partial charge is 0.313 e. The molecule has 0 bridgehead atoms. The van der Waals surface area contributed by atoms with Gasteiger partial charge < -0.3 is 10.2 Å². The van der Waals surface area contributed by atoms with Crippen molar-refractivity contribution in [2.75, 3.05) is 26.2 Å². The van der Waals surface area contributed by atoms with Gasteiger partial charge in [-0.2, -0.15) is 0 Å². The van der Waals surface area contributed by atoms with Crippen LogP contribution < -0.4 is 5.32 Å². The monoisotopic (exact) mass is 214 g/mol. The quantitative estimate of drug-likeness (QED) is 0.635. The first-order chi connectivity index (χ1) is 7.13. The lowest BCUT2D eigenvalue weighted by Gasteiger charge is -2.24. The highest BCUT2D eigenvalue weighted by Gasteiger charge is 2.06.